The smallest absolute Gasteiger partial charge is 0.00208 e. The third-order valence-electron chi connectivity index (χ3n) is 6.32. The van der Waals surface area contributed by atoms with Crippen LogP contribution >= 0.6 is 0 Å². The number of nitrogens with one attached hydrogen (secondary N) is 1. The summed E-state index contributed by atoms with van der Waals surface area (Å²) < 4.78 is 0. The van der Waals surface area contributed by atoms with E-state index in [2.05, 4.69) is 40.1 Å². The Morgan fingerprint density at radius 1 is 0.950 bits per heavy atom. The second kappa shape index (κ2) is 7.29. The molecule has 0 amide bonds. The third kappa shape index (κ3) is 4.00. The maximum Gasteiger partial charge on any atom is -0.00208 e. The molecule has 0 aromatic carbocycles. The molecule has 5 unspecified atom stereocenters. The summed E-state index contributed by atoms with van der Waals surface area (Å²) in [5.74, 6) is 6.73. The van der Waals surface area contributed by atoms with Crippen LogP contribution in [0.2, 0.25) is 0 Å². The Morgan fingerprint density at radius 3 is 2.15 bits per heavy atom. The average molecular weight is 280 g/mol. The lowest BCUT2D eigenvalue weighted by molar-refractivity contribution is 0.0550. The van der Waals surface area contributed by atoms with E-state index in [9.17, 15) is 0 Å². The predicted octanol–water partition coefficient (Wildman–Crippen LogP) is 4.97. The molecule has 0 radical (unpaired) electrons. The van der Waals surface area contributed by atoms with Crippen LogP contribution in [0.3, 0.4) is 0 Å². The highest BCUT2D eigenvalue weighted by atomic mass is 14.8. The summed E-state index contributed by atoms with van der Waals surface area (Å²) in [6, 6.07) is 0. The Bertz CT molecular complexity index is 275. The van der Waals surface area contributed by atoms with E-state index in [0.717, 1.165) is 41.4 Å². The molecule has 0 bridgehead atoms. The molecule has 0 heterocycles. The molecule has 0 aromatic heterocycles. The van der Waals surface area contributed by atoms with Gasteiger partial charge >= 0.3 is 0 Å². The van der Waals surface area contributed by atoms with Gasteiger partial charge in [-0.05, 0) is 93.5 Å². The Balaban J connectivity index is 2.05. The minimum Gasteiger partial charge on any atom is -0.319 e. The van der Waals surface area contributed by atoms with Gasteiger partial charge in [-0.15, -0.1) is 0 Å². The second-order valence-electron chi connectivity index (χ2n) is 8.48. The number of hydrogen-bond acceptors (Lipinski definition) is 1. The summed E-state index contributed by atoms with van der Waals surface area (Å²) in [4.78, 5) is 0. The van der Waals surface area contributed by atoms with E-state index in [1.165, 1.54) is 45.1 Å². The van der Waals surface area contributed by atoms with Crippen molar-refractivity contribution < 1.29 is 0 Å². The zero-order valence-corrected chi connectivity index (χ0v) is 14.5. The van der Waals surface area contributed by atoms with Gasteiger partial charge < -0.3 is 5.32 Å². The molecule has 2 saturated carbocycles. The first-order valence-electron chi connectivity index (χ1n) is 9.15. The molecule has 2 aliphatic carbocycles. The van der Waals surface area contributed by atoms with Crippen molar-refractivity contribution in [2.75, 3.05) is 13.6 Å². The van der Waals surface area contributed by atoms with Gasteiger partial charge in [0, 0.05) is 0 Å². The molecule has 2 aliphatic rings. The molecule has 118 valence electrons. The van der Waals surface area contributed by atoms with Gasteiger partial charge in [-0.1, -0.05) is 27.7 Å². The normalized spacial score (nSPS) is 42.9. The van der Waals surface area contributed by atoms with E-state index in [0.29, 0.717) is 0 Å². The van der Waals surface area contributed by atoms with Gasteiger partial charge in [0.2, 0.25) is 0 Å². The van der Waals surface area contributed by atoms with Gasteiger partial charge in [0.05, 0.1) is 0 Å². The molecular formula is C19H37N. The van der Waals surface area contributed by atoms with Gasteiger partial charge in [-0.25, -0.2) is 0 Å². The van der Waals surface area contributed by atoms with Crippen molar-refractivity contribution >= 4 is 0 Å². The SMILES string of the molecule is CNCC1CCC(C(C)C)CC1C1CC(C)CC(C)C1. The van der Waals surface area contributed by atoms with E-state index < -0.39 is 0 Å². The highest BCUT2D eigenvalue weighted by Crippen LogP contribution is 2.47. The van der Waals surface area contributed by atoms with Crippen LogP contribution in [0.4, 0.5) is 0 Å². The largest absolute Gasteiger partial charge is 0.319 e. The van der Waals surface area contributed by atoms with E-state index in [4.69, 9.17) is 0 Å². The molecule has 0 saturated heterocycles. The first-order valence-corrected chi connectivity index (χ1v) is 9.15. The van der Waals surface area contributed by atoms with Crippen LogP contribution in [0.5, 0.6) is 0 Å². The fourth-order valence-electron chi connectivity index (χ4n) is 5.36. The molecule has 2 rings (SSSR count). The van der Waals surface area contributed by atoms with Crippen LogP contribution in [0.25, 0.3) is 0 Å². The molecule has 0 aromatic rings. The number of rotatable bonds is 4. The van der Waals surface area contributed by atoms with Crippen molar-refractivity contribution in [3.05, 3.63) is 0 Å². The van der Waals surface area contributed by atoms with Crippen molar-refractivity contribution in [3.8, 4) is 0 Å². The lowest BCUT2D eigenvalue weighted by Crippen LogP contribution is -2.39. The fraction of sp³-hybridized carbons (Fsp3) is 1.00. The molecule has 0 spiro atoms. The first-order chi connectivity index (χ1) is 9.51. The summed E-state index contributed by atoms with van der Waals surface area (Å²) in [6.45, 7) is 11.1. The molecule has 1 nitrogen and oxygen atoms in total. The summed E-state index contributed by atoms with van der Waals surface area (Å²) in [5, 5.41) is 3.47. The minimum atomic E-state index is 0.881. The van der Waals surface area contributed by atoms with Gasteiger partial charge in [0.1, 0.15) is 0 Å². The standard InChI is InChI=1S/C19H37N/c1-13(2)16-6-7-17(12-20-5)19(11-16)18-9-14(3)8-15(4)10-18/h13-20H,6-12H2,1-5H3. The lowest BCUT2D eigenvalue weighted by atomic mass is 9.61. The molecule has 20 heavy (non-hydrogen) atoms. The fourth-order valence-corrected chi connectivity index (χ4v) is 5.36. The molecule has 1 heteroatoms. The van der Waals surface area contributed by atoms with Crippen molar-refractivity contribution in [1.82, 2.24) is 5.32 Å². The Labute approximate surface area is 127 Å². The maximum absolute atomic E-state index is 3.47. The van der Waals surface area contributed by atoms with E-state index in [-0.39, 0.29) is 0 Å². The summed E-state index contributed by atoms with van der Waals surface area (Å²) in [5.41, 5.74) is 0. The zero-order valence-electron chi connectivity index (χ0n) is 14.5. The lowest BCUT2D eigenvalue weighted by Gasteiger charge is -2.45. The van der Waals surface area contributed by atoms with Crippen LogP contribution in [0.1, 0.15) is 66.2 Å². The Hall–Kier alpha value is -0.0400. The second-order valence-corrected chi connectivity index (χ2v) is 8.48. The van der Waals surface area contributed by atoms with Gasteiger partial charge in [0.25, 0.3) is 0 Å². The van der Waals surface area contributed by atoms with Crippen LogP contribution in [0.15, 0.2) is 0 Å². The molecular weight excluding hydrogens is 242 g/mol. The van der Waals surface area contributed by atoms with Crippen molar-refractivity contribution in [2.24, 2.45) is 41.4 Å². The molecule has 0 aliphatic heterocycles. The van der Waals surface area contributed by atoms with Crippen molar-refractivity contribution in [1.29, 1.82) is 0 Å². The van der Waals surface area contributed by atoms with Gasteiger partial charge in [-0.3, -0.25) is 0 Å². The average Bonchev–Trinajstić information content (AvgIpc) is 2.38. The first kappa shape index (κ1) is 16.3. The van der Waals surface area contributed by atoms with E-state index >= 15 is 0 Å². The molecule has 5 atom stereocenters. The van der Waals surface area contributed by atoms with E-state index in [1.54, 1.807) is 0 Å². The van der Waals surface area contributed by atoms with E-state index in [1.807, 2.05) is 0 Å². The predicted molar refractivity (Wildman–Crippen MR) is 88.8 cm³/mol. The summed E-state index contributed by atoms with van der Waals surface area (Å²) in [6.07, 6.45) is 8.91. The third-order valence-corrected chi connectivity index (χ3v) is 6.32. The van der Waals surface area contributed by atoms with Crippen LogP contribution < -0.4 is 5.32 Å². The monoisotopic (exact) mass is 279 g/mol. The molecule has 2 fully saturated rings. The van der Waals surface area contributed by atoms with Crippen LogP contribution in [0, 0.1) is 41.4 Å². The van der Waals surface area contributed by atoms with Gasteiger partial charge in [-0.2, -0.15) is 0 Å². The Morgan fingerprint density at radius 2 is 1.60 bits per heavy atom. The van der Waals surface area contributed by atoms with Crippen LogP contribution in [-0.2, 0) is 0 Å². The van der Waals surface area contributed by atoms with Gasteiger partial charge in [0.15, 0.2) is 0 Å². The van der Waals surface area contributed by atoms with Crippen molar-refractivity contribution in [2.45, 2.75) is 66.2 Å². The number of hydrogen-bond donors (Lipinski definition) is 1. The maximum atomic E-state index is 3.47. The molecule has 1 N–H and O–H groups in total. The Kier molecular flexibility index (Phi) is 5.95. The quantitative estimate of drug-likeness (QED) is 0.766. The highest BCUT2D eigenvalue weighted by molar-refractivity contribution is 4.89. The van der Waals surface area contributed by atoms with Crippen LogP contribution in [-0.4, -0.2) is 13.6 Å². The van der Waals surface area contributed by atoms with Crippen molar-refractivity contribution in [3.63, 3.8) is 0 Å². The topological polar surface area (TPSA) is 12.0 Å². The minimum absolute atomic E-state index is 0.881. The highest BCUT2D eigenvalue weighted by Gasteiger charge is 2.38. The zero-order chi connectivity index (χ0) is 14.7. The summed E-state index contributed by atoms with van der Waals surface area (Å²) >= 11 is 0. The summed E-state index contributed by atoms with van der Waals surface area (Å²) in [7, 11) is 2.14.